The van der Waals surface area contributed by atoms with Gasteiger partial charge in [-0.2, -0.15) is 4.99 Å². The first-order valence-corrected chi connectivity index (χ1v) is 11.2. The topological polar surface area (TPSA) is 52.8 Å². The van der Waals surface area contributed by atoms with Crippen molar-refractivity contribution < 1.29 is 14.3 Å². The van der Waals surface area contributed by atoms with Crippen LogP contribution in [0.1, 0.15) is 43.5 Å². The number of carbonyl (C=O) groups is 1. The largest absolute Gasteiger partial charge is 0.494 e. The average Bonchev–Trinajstić information content (AvgIpc) is 3.08. The van der Waals surface area contributed by atoms with E-state index in [0.717, 1.165) is 41.0 Å². The lowest BCUT2D eigenvalue weighted by Crippen LogP contribution is -2.16. The number of rotatable bonds is 10. The fourth-order valence-electron chi connectivity index (χ4n) is 3.09. The summed E-state index contributed by atoms with van der Waals surface area (Å²) >= 11 is 1.47. The highest BCUT2D eigenvalue weighted by Crippen LogP contribution is 2.23. The van der Waals surface area contributed by atoms with Crippen LogP contribution in [0.4, 0.5) is 0 Å². The molecule has 1 amide bonds. The molecular formula is C24H28N2O3S. The van der Waals surface area contributed by atoms with Gasteiger partial charge in [-0.15, -0.1) is 6.58 Å². The molecule has 0 bridgehead atoms. The second-order valence-electron chi connectivity index (χ2n) is 6.84. The van der Waals surface area contributed by atoms with Crippen molar-refractivity contribution in [2.45, 2.75) is 39.7 Å². The number of aromatic nitrogens is 1. The van der Waals surface area contributed by atoms with Crippen LogP contribution in [-0.4, -0.2) is 23.7 Å². The van der Waals surface area contributed by atoms with Crippen LogP contribution in [0.15, 0.2) is 60.1 Å². The predicted octanol–water partition coefficient (Wildman–Crippen LogP) is 5.60. The Labute approximate surface area is 181 Å². The standard InChI is InChI=1S/C24H28N2O3S/c1-4-7-8-16-29-19-11-9-18(10-12-19)23(27)25-24-26(15-5-2)21-14-13-20(28-6-3)17-22(21)30-24/h5,9-14,17H,2,4,6-8,15-16H2,1,3H3. The predicted molar refractivity (Wildman–Crippen MR) is 123 cm³/mol. The van der Waals surface area contributed by atoms with Crippen LogP contribution in [0.5, 0.6) is 11.5 Å². The number of allylic oxidation sites excluding steroid dienone is 1. The van der Waals surface area contributed by atoms with Crippen LogP contribution in [0.25, 0.3) is 10.2 Å². The van der Waals surface area contributed by atoms with Gasteiger partial charge in [0.25, 0.3) is 5.91 Å². The molecule has 3 rings (SSSR count). The van der Waals surface area contributed by atoms with Gasteiger partial charge in [-0.25, -0.2) is 0 Å². The maximum Gasteiger partial charge on any atom is 0.279 e. The Morgan fingerprint density at radius 1 is 1.10 bits per heavy atom. The fourth-order valence-corrected chi connectivity index (χ4v) is 4.15. The summed E-state index contributed by atoms with van der Waals surface area (Å²) in [4.78, 5) is 17.8. The SMILES string of the molecule is C=CCn1c(=NC(=O)c2ccc(OCCCCC)cc2)sc2cc(OCC)ccc21. The normalized spacial score (nSPS) is 11.6. The third kappa shape index (κ3) is 5.39. The van der Waals surface area contributed by atoms with Gasteiger partial charge in [0.2, 0.25) is 0 Å². The zero-order valence-electron chi connectivity index (χ0n) is 17.6. The highest BCUT2D eigenvalue weighted by Gasteiger charge is 2.10. The Balaban J connectivity index is 1.84. The van der Waals surface area contributed by atoms with Crippen molar-refractivity contribution >= 4 is 27.5 Å². The van der Waals surface area contributed by atoms with Gasteiger partial charge in [0.15, 0.2) is 4.80 Å². The quantitative estimate of drug-likeness (QED) is 0.314. The number of thiazole rings is 1. The van der Waals surface area contributed by atoms with Gasteiger partial charge < -0.3 is 14.0 Å². The summed E-state index contributed by atoms with van der Waals surface area (Å²) in [6.45, 7) is 9.83. The van der Waals surface area contributed by atoms with E-state index in [1.54, 1.807) is 18.2 Å². The minimum Gasteiger partial charge on any atom is -0.494 e. The summed E-state index contributed by atoms with van der Waals surface area (Å²) < 4.78 is 14.3. The maximum atomic E-state index is 12.8. The zero-order chi connectivity index (χ0) is 21.3. The molecule has 0 N–H and O–H groups in total. The molecule has 0 spiro atoms. The van der Waals surface area contributed by atoms with Crippen LogP contribution >= 0.6 is 11.3 Å². The van der Waals surface area contributed by atoms with Gasteiger partial charge in [-0.05, 0) is 55.8 Å². The van der Waals surface area contributed by atoms with E-state index in [1.165, 1.54) is 11.3 Å². The molecular weight excluding hydrogens is 396 g/mol. The van der Waals surface area contributed by atoms with E-state index in [-0.39, 0.29) is 5.91 Å². The highest BCUT2D eigenvalue weighted by atomic mass is 32.1. The molecule has 0 radical (unpaired) electrons. The maximum absolute atomic E-state index is 12.8. The van der Waals surface area contributed by atoms with Gasteiger partial charge in [0.05, 0.1) is 23.4 Å². The number of unbranched alkanes of at least 4 members (excludes halogenated alkanes) is 2. The monoisotopic (exact) mass is 424 g/mol. The van der Waals surface area contributed by atoms with Crippen molar-refractivity contribution in [2.24, 2.45) is 4.99 Å². The number of amides is 1. The van der Waals surface area contributed by atoms with Crippen molar-refractivity contribution in [3.63, 3.8) is 0 Å². The van der Waals surface area contributed by atoms with Crippen molar-refractivity contribution in [1.29, 1.82) is 0 Å². The lowest BCUT2D eigenvalue weighted by molar-refractivity contribution is 0.0998. The Hall–Kier alpha value is -2.86. The molecule has 6 heteroatoms. The first-order chi connectivity index (χ1) is 14.7. The van der Waals surface area contributed by atoms with Crippen molar-refractivity contribution in [1.82, 2.24) is 4.57 Å². The van der Waals surface area contributed by atoms with E-state index >= 15 is 0 Å². The Morgan fingerprint density at radius 3 is 2.57 bits per heavy atom. The van der Waals surface area contributed by atoms with Crippen molar-refractivity contribution in [2.75, 3.05) is 13.2 Å². The third-order valence-electron chi connectivity index (χ3n) is 4.59. The summed E-state index contributed by atoms with van der Waals surface area (Å²) in [5.74, 6) is 1.31. The molecule has 0 fully saturated rings. The first kappa shape index (κ1) is 21.8. The third-order valence-corrected chi connectivity index (χ3v) is 5.63. The number of carbonyl (C=O) groups excluding carboxylic acids is 1. The van der Waals surface area contributed by atoms with E-state index in [2.05, 4.69) is 18.5 Å². The fraction of sp³-hybridized carbons (Fsp3) is 0.333. The van der Waals surface area contributed by atoms with Crippen molar-refractivity contribution in [3.8, 4) is 11.5 Å². The molecule has 1 heterocycles. The highest BCUT2D eigenvalue weighted by molar-refractivity contribution is 7.16. The van der Waals surface area contributed by atoms with E-state index in [4.69, 9.17) is 9.47 Å². The lowest BCUT2D eigenvalue weighted by atomic mass is 10.2. The molecule has 5 nitrogen and oxygen atoms in total. The molecule has 0 atom stereocenters. The van der Waals surface area contributed by atoms with Gasteiger partial charge in [-0.3, -0.25) is 4.79 Å². The summed E-state index contributed by atoms with van der Waals surface area (Å²) in [5, 5.41) is 0. The second kappa shape index (κ2) is 10.8. The number of nitrogens with zero attached hydrogens (tertiary/aromatic N) is 2. The van der Waals surface area contributed by atoms with Crippen LogP contribution in [0, 0.1) is 0 Å². The number of hydrogen-bond donors (Lipinski definition) is 0. The number of fused-ring (bicyclic) bond motifs is 1. The van der Waals surface area contributed by atoms with Gasteiger partial charge in [0, 0.05) is 12.1 Å². The van der Waals surface area contributed by atoms with Gasteiger partial charge in [0.1, 0.15) is 11.5 Å². The number of hydrogen-bond acceptors (Lipinski definition) is 4. The van der Waals surface area contributed by atoms with Crippen LogP contribution in [-0.2, 0) is 6.54 Å². The number of benzene rings is 2. The average molecular weight is 425 g/mol. The van der Waals surface area contributed by atoms with E-state index in [9.17, 15) is 4.79 Å². The van der Waals surface area contributed by atoms with Gasteiger partial charge >= 0.3 is 0 Å². The minimum absolute atomic E-state index is 0.276. The first-order valence-electron chi connectivity index (χ1n) is 10.3. The minimum atomic E-state index is -0.276. The van der Waals surface area contributed by atoms with E-state index in [1.807, 2.05) is 41.8 Å². The van der Waals surface area contributed by atoms with Crippen LogP contribution in [0.2, 0.25) is 0 Å². The Morgan fingerprint density at radius 2 is 1.87 bits per heavy atom. The van der Waals surface area contributed by atoms with Crippen molar-refractivity contribution in [3.05, 3.63) is 65.5 Å². The molecule has 0 aliphatic carbocycles. The molecule has 158 valence electrons. The summed E-state index contributed by atoms with van der Waals surface area (Å²) in [6, 6.07) is 13.1. The van der Waals surface area contributed by atoms with E-state index in [0.29, 0.717) is 30.1 Å². The Kier molecular flexibility index (Phi) is 7.85. The molecule has 0 aliphatic heterocycles. The Bertz CT molecular complexity index is 1060. The molecule has 0 aliphatic rings. The number of ether oxygens (including phenoxy) is 2. The van der Waals surface area contributed by atoms with Crippen LogP contribution < -0.4 is 14.3 Å². The summed E-state index contributed by atoms with van der Waals surface area (Å²) in [5.41, 5.74) is 1.54. The molecule has 0 saturated carbocycles. The lowest BCUT2D eigenvalue weighted by Gasteiger charge is -2.06. The summed E-state index contributed by atoms with van der Waals surface area (Å²) in [7, 11) is 0. The van der Waals surface area contributed by atoms with E-state index < -0.39 is 0 Å². The molecule has 0 unspecified atom stereocenters. The van der Waals surface area contributed by atoms with Gasteiger partial charge in [-0.1, -0.05) is 37.2 Å². The molecule has 1 aromatic heterocycles. The van der Waals surface area contributed by atoms with Crippen LogP contribution in [0.3, 0.4) is 0 Å². The smallest absolute Gasteiger partial charge is 0.279 e. The summed E-state index contributed by atoms with van der Waals surface area (Å²) in [6.07, 6.45) is 5.15. The molecule has 0 saturated heterocycles. The second-order valence-corrected chi connectivity index (χ2v) is 7.85. The molecule has 30 heavy (non-hydrogen) atoms. The zero-order valence-corrected chi connectivity index (χ0v) is 18.4. The molecule has 3 aromatic rings. The molecule has 2 aromatic carbocycles.